The van der Waals surface area contributed by atoms with E-state index >= 15 is 0 Å². The van der Waals surface area contributed by atoms with Crippen LogP contribution in [-0.2, 0) is 16.0 Å². The highest BCUT2D eigenvalue weighted by molar-refractivity contribution is 5.98. The number of ether oxygens (including phenoxy) is 1. The van der Waals surface area contributed by atoms with Gasteiger partial charge in [-0.05, 0) is 61.2 Å². The molecule has 7 nitrogen and oxygen atoms in total. The van der Waals surface area contributed by atoms with Crippen molar-refractivity contribution in [1.82, 2.24) is 10.2 Å². The maximum absolute atomic E-state index is 12.9. The maximum Gasteiger partial charge on any atom is 0.254 e. The lowest BCUT2D eigenvalue weighted by molar-refractivity contribution is -0.124. The molecule has 0 bridgehead atoms. The lowest BCUT2D eigenvalue weighted by atomic mass is 10.0. The summed E-state index contributed by atoms with van der Waals surface area (Å²) in [6.45, 7) is 4.32. The molecule has 33 heavy (non-hydrogen) atoms. The molecule has 0 saturated heterocycles. The Morgan fingerprint density at radius 1 is 0.879 bits per heavy atom. The largest absolute Gasteiger partial charge is 0.497 e. The van der Waals surface area contributed by atoms with Gasteiger partial charge < -0.3 is 20.3 Å². The lowest BCUT2D eigenvalue weighted by Crippen LogP contribution is -2.43. The number of hydrogen-bond acceptors (Lipinski definition) is 4. The standard InChI is InChI=1S/C26H35N3O4/c1-4-6-7-8-20-9-11-21(12-10-20)26(32)29(17-5-2)19-25(31)27-18-24(30)28-22-13-15-23(33-3)16-14-22/h9-16H,4-8,17-19H2,1-3H3,(H,27,31)(H,28,30). The van der Waals surface area contributed by atoms with Crippen LogP contribution in [0.15, 0.2) is 48.5 Å². The minimum Gasteiger partial charge on any atom is -0.497 e. The SMILES string of the molecule is CCCCCc1ccc(C(=O)N(CCC)CC(=O)NCC(=O)Nc2ccc(OC)cc2)cc1. The summed E-state index contributed by atoms with van der Waals surface area (Å²) in [4.78, 5) is 39.0. The number of unbranched alkanes of at least 4 members (excludes halogenated alkanes) is 2. The van der Waals surface area contributed by atoms with Crippen molar-refractivity contribution < 1.29 is 19.1 Å². The average molecular weight is 454 g/mol. The number of aryl methyl sites for hydroxylation is 1. The van der Waals surface area contributed by atoms with Crippen LogP contribution in [0.3, 0.4) is 0 Å². The Bertz CT molecular complexity index is 895. The quantitative estimate of drug-likeness (QED) is 0.448. The van der Waals surface area contributed by atoms with E-state index in [1.807, 2.05) is 31.2 Å². The van der Waals surface area contributed by atoms with Gasteiger partial charge in [0.05, 0.1) is 20.2 Å². The molecule has 7 heteroatoms. The van der Waals surface area contributed by atoms with Crippen molar-refractivity contribution in [3.05, 3.63) is 59.7 Å². The van der Waals surface area contributed by atoms with Crippen LogP contribution < -0.4 is 15.4 Å². The number of hydrogen-bond donors (Lipinski definition) is 2. The smallest absolute Gasteiger partial charge is 0.254 e. The molecule has 2 rings (SSSR count). The number of carbonyl (C=O) groups is 3. The number of rotatable bonds is 13. The summed E-state index contributed by atoms with van der Waals surface area (Å²) in [5.41, 5.74) is 2.38. The Hall–Kier alpha value is -3.35. The van der Waals surface area contributed by atoms with E-state index in [0.29, 0.717) is 23.5 Å². The second-order valence-electron chi connectivity index (χ2n) is 7.93. The molecule has 0 aliphatic carbocycles. The Morgan fingerprint density at radius 2 is 1.58 bits per heavy atom. The molecular weight excluding hydrogens is 418 g/mol. The highest BCUT2D eigenvalue weighted by Crippen LogP contribution is 2.15. The molecule has 0 atom stereocenters. The Morgan fingerprint density at radius 3 is 2.18 bits per heavy atom. The van der Waals surface area contributed by atoms with Crippen LogP contribution in [0.4, 0.5) is 5.69 Å². The summed E-state index contributed by atoms with van der Waals surface area (Å²) in [7, 11) is 1.57. The zero-order chi connectivity index (χ0) is 24.1. The molecule has 3 amide bonds. The number of anilines is 1. The minimum atomic E-state index is -0.377. The van der Waals surface area contributed by atoms with E-state index in [9.17, 15) is 14.4 Å². The fourth-order valence-corrected chi connectivity index (χ4v) is 3.39. The molecule has 0 radical (unpaired) electrons. The minimum absolute atomic E-state index is 0.0965. The van der Waals surface area contributed by atoms with Gasteiger partial charge in [0.15, 0.2) is 0 Å². The molecule has 0 fully saturated rings. The van der Waals surface area contributed by atoms with E-state index in [1.54, 1.807) is 31.4 Å². The van der Waals surface area contributed by atoms with Gasteiger partial charge >= 0.3 is 0 Å². The third-order valence-electron chi connectivity index (χ3n) is 5.20. The fraction of sp³-hybridized carbons (Fsp3) is 0.423. The van der Waals surface area contributed by atoms with Crippen molar-refractivity contribution in [2.75, 3.05) is 32.1 Å². The molecule has 0 unspecified atom stereocenters. The first-order valence-corrected chi connectivity index (χ1v) is 11.6. The van der Waals surface area contributed by atoms with Crippen LogP contribution >= 0.6 is 0 Å². The van der Waals surface area contributed by atoms with Crippen LogP contribution in [0.5, 0.6) is 5.75 Å². The molecule has 2 N–H and O–H groups in total. The predicted molar refractivity (Wildman–Crippen MR) is 130 cm³/mol. The number of amides is 3. The predicted octanol–water partition coefficient (Wildman–Crippen LogP) is 4.04. The van der Waals surface area contributed by atoms with E-state index in [-0.39, 0.29) is 30.8 Å². The van der Waals surface area contributed by atoms with E-state index in [1.165, 1.54) is 23.3 Å². The highest BCUT2D eigenvalue weighted by Gasteiger charge is 2.18. The summed E-state index contributed by atoms with van der Waals surface area (Å²) < 4.78 is 5.08. The third kappa shape index (κ3) is 8.96. The Kier molecular flexibility index (Phi) is 10.9. The van der Waals surface area contributed by atoms with Gasteiger partial charge in [-0.15, -0.1) is 0 Å². The second-order valence-corrected chi connectivity index (χ2v) is 7.93. The van der Waals surface area contributed by atoms with E-state index in [0.717, 1.165) is 19.3 Å². The summed E-state index contributed by atoms with van der Waals surface area (Å²) >= 11 is 0. The topological polar surface area (TPSA) is 87.7 Å². The molecule has 2 aromatic carbocycles. The normalized spacial score (nSPS) is 10.4. The zero-order valence-electron chi connectivity index (χ0n) is 19.9. The monoisotopic (exact) mass is 453 g/mol. The van der Waals surface area contributed by atoms with Gasteiger partial charge in [-0.25, -0.2) is 0 Å². The van der Waals surface area contributed by atoms with E-state index in [2.05, 4.69) is 17.6 Å². The first kappa shape index (κ1) is 25.9. The van der Waals surface area contributed by atoms with Crippen LogP contribution in [0.25, 0.3) is 0 Å². The van der Waals surface area contributed by atoms with Crippen molar-refractivity contribution in [2.45, 2.75) is 46.0 Å². The maximum atomic E-state index is 12.9. The molecule has 0 aliphatic rings. The van der Waals surface area contributed by atoms with Gasteiger partial charge in [-0.3, -0.25) is 14.4 Å². The molecule has 2 aromatic rings. The van der Waals surface area contributed by atoms with Gasteiger partial charge in [0.2, 0.25) is 11.8 Å². The van der Waals surface area contributed by atoms with Crippen molar-refractivity contribution in [3.8, 4) is 5.75 Å². The molecule has 0 aromatic heterocycles. The molecule has 178 valence electrons. The average Bonchev–Trinajstić information content (AvgIpc) is 2.83. The summed E-state index contributed by atoms with van der Waals surface area (Å²) in [5, 5.41) is 5.30. The van der Waals surface area contributed by atoms with Gasteiger partial charge in [0.1, 0.15) is 5.75 Å². The number of nitrogens with zero attached hydrogens (tertiary/aromatic N) is 1. The van der Waals surface area contributed by atoms with Crippen LogP contribution in [0.1, 0.15) is 55.5 Å². The Balaban J connectivity index is 1.86. The zero-order valence-corrected chi connectivity index (χ0v) is 19.9. The van der Waals surface area contributed by atoms with Crippen LogP contribution in [-0.4, -0.2) is 49.4 Å². The summed E-state index contributed by atoms with van der Waals surface area (Å²) in [5.74, 6) is -0.221. The molecule has 0 heterocycles. The number of methoxy groups -OCH3 is 1. The van der Waals surface area contributed by atoms with Crippen LogP contribution in [0, 0.1) is 0 Å². The van der Waals surface area contributed by atoms with E-state index < -0.39 is 0 Å². The number of benzene rings is 2. The molecule has 0 aliphatic heterocycles. The number of carbonyl (C=O) groups excluding carboxylic acids is 3. The molecule has 0 saturated carbocycles. The summed E-state index contributed by atoms with van der Waals surface area (Å²) in [6.07, 6.45) is 5.23. The van der Waals surface area contributed by atoms with Gasteiger partial charge in [-0.2, -0.15) is 0 Å². The van der Waals surface area contributed by atoms with Crippen molar-refractivity contribution in [3.63, 3.8) is 0 Å². The van der Waals surface area contributed by atoms with Gasteiger partial charge in [0.25, 0.3) is 5.91 Å². The fourth-order valence-electron chi connectivity index (χ4n) is 3.39. The highest BCUT2D eigenvalue weighted by atomic mass is 16.5. The van der Waals surface area contributed by atoms with Crippen molar-refractivity contribution in [1.29, 1.82) is 0 Å². The van der Waals surface area contributed by atoms with Gasteiger partial charge in [-0.1, -0.05) is 38.8 Å². The lowest BCUT2D eigenvalue weighted by Gasteiger charge is -2.22. The first-order valence-electron chi connectivity index (χ1n) is 11.6. The molecular formula is C26H35N3O4. The van der Waals surface area contributed by atoms with Gasteiger partial charge in [0, 0.05) is 17.8 Å². The first-order chi connectivity index (χ1) is 16.0. The number of nitrogens with one attached hydrogen (secondary N) is 2. The van der Waals surface area contributed by atoms with E-state index in [4.69, 9.17) is 4.74 Å². The molecule has 0 spiro atoms. The summed E-state index contributed by atoms with van der Waals surface area (Å²) in [6, 6.07) is 14.5. The Labute approximate surface area is 196 Å². The van der Waals surface area contributed by atoms with Crippen molar-refractivity contribution >= 4 is 23.4 Å². The van der Waals surface area contributed by atoms with Crippen LogP contribution in [0.2, 0.25) is 0 Å². The second kappa shape index (κ2) is 13.9. The third-order valence-corrected chi connectivity index (χ3v) is 5.20. The van der Waals surface area contributed by atoms with Crippen molar-refractivity contribution in [2.24, 2.45) is 0 Å².